The van der Waals surface area contributed by atoms with Crippen molar-refractivity contribution in [1.82, 2.24) is 19.9 Å². The zero-order valence-corrected chi connectivity index (χ0v) is 11.9. The Bertz CT molecular complexity index is 565. The number of hydrogen-bond donors (Lipinski definition) is 1. The highest BCUT2D eigenvalue weighted by atomic mass is 15.2. The topological polar surface area (TPSA) is 53.9 Å². The molecule has 0 spiro atoms. The molecule has 1 aliphatic rings. The van der Waals surface area contributed by atoms with E-state index in [1.807, 2.05) is 12.1 Å². The summed E-state index contributed by atoms with van der Waals surface area (Å²) >= 11 is 0. The molecule has 2 aromatic rings. The van der Waals surface area contributed by atoms with E-state index in [0.717, 1.165) is 30.5 Å². The smallest absolute Gasteiger partial charge is 0.180 e. The molecular weight excluding hydrogens is 250 g/mol. The van der Waals surface area contributed by atoms with Crippen molar-refractivity contribution >= 4 is 17.0 Å². The lowest BCUT2D eigenvalue weighted by Gasteiger charge is -2.24. The molecule has 2 heterocycles. The van der Waals surface area contributed by atoms with Gasteiger partial charge in [0.05, 0.1) is 0 Å². The third-order valence-corrected chi connectivity index (χ3v) is 4.05. The molecule has 1 saturated carbocycles. The van der Waals surface area contributed by atoms with Crippen molar-refractivity contribution in [2.75, 3.05) is 25.5 Å². The first-order valence-corrected chi connectivity index (χ1v) is 7.35. The number of nitrogens with zero attached hydrogens (tertiary/aromatic N) is 4. The standard InChI is InChI=1S/C15H21N5/c1-20(12-4-2-3-5-12)11-10-17-14-7-6-13-15(19-14)18-9-8-16-13/h6-9,12H,2-5,10-11H2,1H3,(H,17,18,19). The van der Waals surface area contributed by atoms with E-state index in [4.69, 9.17) is 0 Å². The van der Waals surface area contributed by atoms with Gasteiger partial charge in [0.2, 0.25) is 0 Å². The average molecular weight is 271 g/mol. The van der Waals surface area contributed by atoms with Crippen LogP contribution in [0.4, 0.5) is 5.82 Å². The van der Waals surface area contributed by atoms with E-state index in [0.29, 0.717) is 5.65 Å². The Morgan fingerprint density at radius 3 is 2.85 bits per heavy atom. The zero-order valence-electron chi connectivity index (χ0n) is 11.9. The zero-order chi connectivity index (χ0) is 13.8. The molecular formula is C15H21N5. The molecule has 0 amide bonds. The Morgan fingerprint density at radius 1 is 1.20 bits per heavy atom. The van der Waals surface area contributed by atoms with Gasteiger partial charge >= 0.3 is 0 Å². The molecule has 106 valence electrons. The second-order valence-electron chi connectivity index (χ2n) is 5.44. The number of likely N-dealkylation sites (N-methyl/N-ethyl adjacent to an activating group) is 1. The molecule has 3 rings (SSSR count). The Kier molecular flexibility index (Phi) is 4.06. The maximum Gasteiger partial charge on any atom is 0.180 e. The van der Waals surface area contributed by atoms with E-state index in [-0.39, 0.29) is 0 Å². The van der Waals surface area contributed by atoms with Gasteiger partial charge in [-0.15, -0.1) is 0 Å². The summed E-state index contributed by atoms with van der Waals surface area (Å²) in [5.41, 5.74) is 1.53. The third kappa shape index (κ3) is 3.04. The van der Waals surface area contributed by atoms with E-state index in [9.17, 15) is 0 Å². The normalized spacial score (nSPS) is 16.1. The highest BCUT2D eigenvalue weighted by molar-refractivity contribution is 5.71. The molecule has 20 heavy (non-hydrogen) atoms. The van der Waals surface area contributed by atoms with Crippen molar-refractivity contribution in [2.45, 2.75) is 31.7 Å². The van der Waals surface area contributed by atoms with E-state index in [2.05, 4.69) is 32.2 Å². The van der Waals surface area contributed by atoms with E-state index >= 15 is 0 Å². The van der Waals surface area contributed by atoms with Gasteiger partial charge in [-0.05, 0) is 32.0 Å². The molecule has 2 aromatic heterocycles. The molecule has 1 N–H and O–H groups in total. The molecule has 0 aliphatic heterocycles. The molecule has 0 radical (unpaired) electrons. The maximum absolute atomic E-state index is 4.47. The van der Waals surface area contributed by atoms with E-state index in [1.54, 1.807) is 12.4 Å². The number of pyridine rings is 1. The lowest BCUT2D eigenvalue weighted by molar-refractivity contribution is 0.254. The van der Waals surface area contributed by atoms with Gasteiger partial charge in [-0.2, -0.15) is 0 Å². The van der Waals surface area contributed by atoms with Crippen molar-refractivity contribution in [3.63, 3.8) is 0 Å². The van der Waals surface area contributed by atoms with Crippen LogP contribution in [-0.4, -0.2) is 46.0 Å². The summed E-state index contributed by atoms with van der Waals surface area (Å²) in [6.45, 7) is 1.95. The first kappa shape index (κ1) is 13.2. The predicted octanol–water partition coefficient (Wildman–Crippen LogP) is 2.31. The first-order valence-electron chi connectivity index (χ1n) is 7.35. The highest BCUT2D eigenvalue weighted by Crippen LogP contribution is 2.22. The van der Waals surface area contributed by atoms with Crippen LogP contribution in [0.5, 0.6) is 0 Å². The molecule has 0 atom stereocenters. The second-order valence-corrected chi connectivity index (χ2v) is 5.44. The molecule has 0 aromatic carbocycles. The van der Waals surface area contributed by atoms with Crippen LogP contribution < -0.4 is 5.32 Å². The van der Waals surface area contributed by atoms with Gasteiger partial charge in [0.25, 0.3) is 0 Å². The van der Waals surface area contributed by atoms with Crippen LogP contribution in [0.3, 0.4) is 0 Å². The molecule has 5 nitrogen and oxygen atoms in total. The largest absolute Gasteiger partial charge is 0.369 e. The maximum atomic E-state index is 4.47. The number of hydrogen-bond acceptors (Lipinski definition) is 5. The number of anilines is 1. The van der Waals surface area contributed by atoms with Crippen molar-refractivity contribution in [3.8, 4) is 0 Å². The van der Waals surface area contributed by atoms with Crippen LogP contribution in [-0.2, 0) is 0 Å². The molecule has 1 aliphatic carbocycles. The summed E-state index contributed by atoms with van der Waals surface area (Å²) in [6.07, 6.45) is 8.82. The molecule has 0 unspecified atom stereocenters. The lowest BCUT2D eigenvalue weighted by Crippen LogP contribution is -2.33. The number of nitrogens with one attached hydrogen (secondary N) is 1. The third-order valence-electron chi connectivity index (χ3n) is 4.05. The average Bonchev–Trinajstić information content (AvgIpc) is 3.01. The Morgan fingerprint density at radius 2 is 2.00 bits per heavy atom. The van der Waals surface area contributed by atoms with Gasteiger partial charge in [0, 0.05) is 31.5 Å². The molecule has 0 bridgehead atoms. The minimum atomic E-state index is 0.696. The van der Waals surface area contributed by atoms with Gasteiger partial charge in [-0.25, -0.2) is 9.97 Å². The van der Waals surface area contributed by atoms with Crippen LogP contribution in [0, 0.1) is 0 Å². The van der Waals surface area contributed by atoms with Crippen LogP contribution in [0.15, 0.2) is 24.5 Å². The van der Waals surface area contributed by atoms with Gasteiger partial charge in [0.15, 0.2) is 5.65 Å². The predicted molar refractivity (Wildman–Crippen MR) is 80.7 cm³/mol. The van der Waals surface area contributed by atoms with Gasteiger partial charge < -0.3 is 10.2 Å². The van der Waals surface area contributed by atoms with Crippen LogP contribution in [0.25, 0.3) is 11.2 Å². The summed E-state index contributed by atoms with van der Waals surface area (Å²) in [7, 11) is 2.22. The van der Waals surface area contributed by atoms with Crippen LogP contribution in [0.1, 0.15) is 25.7 Å². The van der Waals surface area contributed by atoms with Crippen molar-refractivity contribution < 1.29 is 0 Å². The summed E-state index contributed by atoms with van der Waals surface area (Å²) in [6, 6.07) is 4.69. The van der Waals surface area contributed by atoms with Crippen molar-refractivity contribution in [1.29, 1.82) is 0 Å². The van der Waals surface area contributed by atoms with E-state index in [1.165, 1.54) is 25.7 Å². The number of fused-ring (bicyclic) bond motifs is 1. The number of aromatic nitrogens is 3. The molecule has 0 saturated heterocycles. The Hall–Kier alpha value is -1.75. The SMILES string of the molecule is CN(CCNc1ccc2nccnc2n1)C1CCCC1. The highest BCUT2D eigenvalue weighted by Gasteiger charge is 2.18. The van der Waals surface area contributed by atoms with Gasteiger partial charge in [-0.1, -0.05) is 12.8 Å². The minimum absolute atomic E-state index is 0.696. The van der Waals surface area contributed by atoms with Crippen LogP contribution in [0.2, 0.25) is 0 Å². The fourth-order valence-corrected chi connectivity index (χ4v) is 2.84. The van der Waals surface area contributed by atoms with Crippen molar-refractivity contribution in [3.05, 3.63) is 24.5 Å². The quantitative estimate of drug-likeness (QED) is 0.904. The molecule has 5 heteroatoms. The first-order chi connectivity index (χ1) is 9.83. The second kappa shape index (κ2) is 6.13. The fourth-order valence-electron chi connectivity index (χ4n) is 2.84. The lowest BCUT2D eigenvalue weighted by atomic mass is 10.2. The summed E-state index contributed by atoms with van der Waals surface area (Å²) in [4.78, 5) is 15.4. The van der Waals surface area contributed by atoms with Gasteiger partial charge in [0.1, 0.15) is 11.3 Å². The number of rotatable bonds is 5. The Labute approximate surface area is 119 Å². The monoisotopic (exact) mass is 271 g/mol. The summed E-state index contributed by atoms with van der Waals surface area (Å²) in [5.74, 6) is 0.873. The van der Waals surface area contributed by atoms with Crippen molar-refractivity contribution in [2.24, 2.45) is 0 Å². The fraction of sp³-hybridized carbons (Fsp3) is 0.533. The molecule has 1 fully saturated rings. The van der Waals surface area contributed by atoms with E-state index < -0.39 is 0 Å². The minimum Gasteiger partial charge on any atom is -0.369 e. The Balaban J connectivity index is 1.54. The summed E-state index contributed by atoms with van der Waals surface area (Å²) in [5, 5.41) is 3.37. The van der Waals surface area contributed by atoms with Crippen LogP contribution >= 0.6 is 0 Å². The summed E-state index contributed by atoms with van der Waals surface area (Å²) < 4.78 is 0. The van der Waals surface area contributed by atoms with Gasteiger partial charge in [-0.3, -0.25) is 4.98 Å².